The van der Waals surface area contributed by atoms with E-state index in [1.165, 1.54) is 18.5 Å². The van der Waals surface area contributed by atoms with Gasteiger partial charge in [-0.1, -0.05) is 43.5 Å². The van der Waals surface area contributed by atoms with E-state index in [0.717, 1.165) is 30.0 Å². The van der Waals surface area contributed by atoms with Crippen molar-refractivity contribution in [2.45, 2.75) is 6.92 Å². The van der Waals surface area contributed by atoms with Gasteiger partial charge >= 0.3 is 0 Å². The quantitative estimate of drug-likeness (QED) is 0.288. The third-order valence-electron chi connectivity index (χ3n) is 6.11. The van der Waals surface area contributed by atoms with Gasteiger partial charge < -0.3 is 19.4 Å². The number of ether oxygens (including phenoxy) is 1. The van der Waals surface area contributed by atoms with Gasteiger partial charge in [0.05, 0.1) is 25.5 Å². The Morgan fingerprint density at radius 1 is 1.14 bits per heavy atom. The van der Waals surface area contributed by atoms with Crippen LogP contribution in [0.4, 0.5) is 4.39 Å². The molecular formula is C29H34FN5O2. The van der Waals surface area contributed by atoms with Crippen LogP contribution in [0.1, 0.15) is 18.2 Å². The van der Waals surface area contributed by atoms with E-state index in [2.05, 4.69) is 28.0 Å². The summed E-state index contributed by atoms with van der Waals surface area (Å²) in [6, 6.07) is 12.7. The first-order valence-corrected chi connectivity index (χ1v) is 12.0. The molecule has 1 amide bonds. The smallest absolute Gasteiger partial charge is 0.242 e. The number of hydrogen-bond acceptors (Lipinski definition) is 6. The molecule has 194 valence electrons. The normalized spacial score (nSPS) is 14.9. The Labute approximate surface area is 218 Å². The molecule has 1 aliphatic heterocycles. The van der Waals surface area contributed by atoms with E-state index in [0.29, 0.717) is 30.3 Å². The molecular weight excluding hydrogens is 469 g/mol. The molecule has 1 aromatic heterocycles. The number of likely N-dealkylation sites (N-methyl/N-ethyl adjacent to an activating group) is 1. The lowest BCUT2D eigenvalue weighted by atomic mass is 10.1. The van der Waals surface area contributed by atoms with Crippen molar-refractivity contribution >= 4 is 23.1 Å². The first kappa shape index (κ1) is 27.4. The Kier molecular flexibility index (Phi) is 9.77. The molecule has 0 atom stereocenters. The summed E-state index contributed by atoms with van der Waals surface area (Å²) >= 11 is 0. The van der Waals surface area contributed by atoms with Crippen molar-refractivity contribution in [1.82, 2.24) is 19.7 Å². The van der Waals surface area contributed by atoms with Crippen molar-refractivity contribution in [3.8, 4) is 0 Å². The molecule has 37 heavy (non-hydrogen) atoms. The van der Waals surface area contributed by atoms with Gasteiger partial charge in [-0.25, -0.2) is 9.38 Å². The fourth-order valence-electron chi connectivity index (χ4n) is 4.03. The third kappa shape index (κ3) is 7.64. The minimum Gasteiger partial charge on any atom is -0.481 e. The summed E-state index contributed by atoms with van der Waals surface area (Å²) in [5.74, 6) is 0.133. The van der Waals surface area contributed by atoms with E-state index < -0.39 is 5.82 Å². The number of methoxy groups -OCH3 is 1. The van der Waals surface area contributed by atoms with E-state index in [9.17, 15) is 9.18 Å². The van der Waals surface area contributed by atoms with Gasteiger partial charge in [0.15, 0.2) is 0 Å². The lowest BCUT2D eigenvalue weighted by Gasteiger charge is -2.37. The number of nitrogens with zero attached hydrogens (tertiary/aromatic N) is 5. The molecule has 3 rings (SSSR count). The van der Waals surface area contributed by atoms with Crippen LogP contribution in [0.2, 0.25) is 0 Å². The van der Waals surface area contributed by atoms with Gasteiger partial charge in [0.1, 0.15) is 5.82 Å². The van der Waals surface area contributed by atoms with E-state index >= 15 is 0 Å². The van der Waals surface area contributed by atoms with E-state index in [-0.39, 0.29) is 12.5 Å². The highest BCUT2D eigenvalue weighted by Gasteiger charge is 2.23. The maximum Gasteiger partial charge on any atom is 0.242 e. The topological polar surface area (TPSA) is 61.3 Å². The molecule has 0 unspecified atom stereocenters. The van der Waals surface area contributed by atoms with Gasteiger partial charge in [0.25, 0.3) is 0 Å². The second-order valence-electron chi connectivity index (χ2n) is 8.65. The summed E-state index contributed by atoms with van der Waals surface area (Å²) in [4.78, 5) is 27.5. The summed E-state index contributed by atoms with van der Waals surface area (Å²) in [6.07, 6.45) is 6.36. The molecule has 1 aliphatic rings. The maximum absolute atomic E-state index is 13.3. The Balaban J connectivity index is 1.69. The number of allylic oxidation sites excluding steroid dienone is 3. The first-order chi connectivity index (χ1) is 17.8. The average Bonchev–Trinajstić information content (AvgIpc) is 2.92. The lowest BCUT2D eigenvalue weighted by Crippen LogP contribution is -2.50. The molecule has 0 radical (unpaired) electrons. The zero-order chi connectivity index (χ0) is 26.8. The monoisotopic (exact) mass is 503 g/mol. The molecule has 7 nitrogen and oxygen atoms in total. The van der Waals surface area contributed by atoms with Gasteiger partial charge in [-0.05, 0) is 36.3 Å². The maximum atomic E-state index is 13.3. The molecule has 2 aromatic rings. The largest absolute Gasteiger partial charge is 0.481 e. The van der Waals surface area contributed by atoms with Gasteiger partial charge in [0.2, 0.25) is 11.8 Å². The molecule has 1 saturated heterocycles. The van der Waals surface area contributed by atoms with Crippen LogP contribution in [0, 0.1) is 5.82 Å². The van der Waals surface area contributed by atoms with Gasteiger partial charge in [-0.3, -0.25) is 9.78 Å². The number of amides is 1. The van der Waals surface area contributed by atoms with E-state index in [1.807, 2.05) is 66.3 Å². The van der Waals surface area contributed by atoms with Crippen molar-refractivity contribution in [3.05, 3.63) is 103 Å². The standard InChI is InChI=1S/C29H34FN5O2/c1-6-31-28(37-5)19-23(3)34-14-16-35(17-15-34)29(36)21-33(4)27(24-10-8-7-9-11-24)18-22(2)26-13-12-25(30)20-32-26/h6-13,18-20H,1-2,14-17,21H2,3-5H3/b23-19+,27-18-,31-28?. The number of carbonyl (C=O) groups is 1. The summed E-state index contributed by atoms with van der Waals surface area (Å²) in [5.41, 5.74) is 4.00. The van der Waals surface area contributed by atoms with Crippen molar-refractivity contribution in [2.24, 2.45) is 4.99 Å². The van der Waals surface area contributed by atoms with E-state index in [4.69, 9.17) is 4.74 Å². The second kappa shape index (κ2) is 13.2. The fraction of sp³-hybridized carbons (Fsp3) is 0.276. The van der Waals surface area contributed by atoms with Crippen LogP contribution in [-0.2, 0) is 9.53 Å². The van der Waals surface area contributed by atoms with Crippen LogP contribution in [0.3, 0.4) is 0 Å². The Morgan fingerprint density at radius 2 is 1.81 bits per heavy atom. The van der Waals surface area contributed by atoms with Gasteiger partial charge in [0, 0.05) is 56.9 Å². The summed E-state index contributed by atoms with van der Waals surface area (Å²) in [5, 5.41) is 0. The summed E-state index contributed by atoms with van der Waals surface area (Å²) in [6.45, 7) is 12.6. The molecule has 1 aromatic carbocycles. The predicted molar refractivity (Wildman–Crippen MR) is 147 cm³/mol. The molecule has 2 heterocycles. The van der Waals surface area contributed by atoms with Gasteiger partial charge in [-0.15, -0.1) is 0 Å². The number of hydrogen-bond donors (Lipinski definition) is 0. The molecule has 0 spiro atoms. The van der Waals surface area contributed by atoms with Crippen LogP contribution in [-0.4, -0.2) is 78.4 Å². The van der Waals surface area contributed by atoms with Gasteiger partial charge in [-0.2, -0.15) is 0 Å². The lowest BCUT2D eigenvalue weighted by molar-refractivity contribution is -0.132. The highest BCUT2D eigenvalue weighted by molar-refractivity contribution is 5.88. The average molecular weight is 504 g/mol. The zero-order valence-corrected chi connectivity index (χ0v) is 21.7. The van der Waals surface area contributed by atoms with Crippen LogP contribution < -0.4 is 0 Å². The Bertz CT molecular complexity index is 1180. The Morgan fingerprint density at radius 3 is 2.41 bits per heavy atom. The number of benzene rings is 1. The molecule has 0 bridgehead atoms. The van der Waals surface area contributed by atoms with Crippen molar-refractivity contribution in [1.29, 1.82) is 0 Å². The fourth-order valence-corrected chi connectivity index (χ4v) is 4.03. The highest BCUT2D eigenvalue weighted by Crippen LogP contribution is 2.23. The first-order valence-electron chi connectivity index (χ1n) is 12.0. The Hall–Kier alpha value is -4.20. The SMILES string of the molecule is C=CN=C(/C=C(\C)N1CCN(C(=O)CN(C)/C(=C\C(=C)c2ccc(F)cn2)c2ccccc2)CC1)OC. The summed E-state index contributed by atoms with van der Waals surface area (Å²) < 4.78 is 18.6. The number of halogens is 1. The minimum atomic E-state index is -0.402. The number of aromatic nitrogens is 1. The molecule has 8 heteroatoms. The number of rotatable bonds is 9. The number of carbonyl (C=O) groups excluding carboxylic acids is 1. The van der Waals surface area contributed by atoms with Crippen molar-refractivity contribution in [2.75, 3.05) is 46.9 Å². The third-order valence-corrected chi connectivity index (χ3v) is 6.11. The minimum absolute atomic E-state index is 0.0435. The molecule has 0 saturated carbocycles. The second-order valence-corrected chi connectivity index (χ2v) is 8.65. The highest BCUT2D eigenvalue weighted by atomic mass is 19.1. The molecule has 0 N–H and O–H groups in total. The van der Waals surface area contributed by atoms with Crippen molar-refractivity contribution in [3.63, 3.8) is 0 Å². The number of aliphatic imine (C=N–C) groups is 1. The van der Waals surface area contributed by atoms with Crippen LogP contribution in [0.15, 0.2) is 90.9 Å². The van der Waals surface area contributed by atoms with Crippen molar-refractivity contribution < 1.29 is 13.9 Å². The van der Waals surface area contributed by atoms with E-state index in [1.54, 1.807) is 13.2 Å². The number of piperazine rings is 1. The molecule has 1 fully saturated rings. The predicted octanol–water partition coefficient (Wildman–Crippen LogP) is 4.44. The zero-order valence-electron chi connectivity index (χ0n) is 21.7. The molecule has 0 aliphatic carbocycles. The van der Waals surface area contributed by atoms with Crippen LogP contribution >= 0.6 is 0 Å². The number of pyridine rings is 1. The van der Waals surface area contributed by atoms with Crippen LogP contribution in [0.5, 0.6) is 0 Å². The summed E-state index contributed by atoms with van der Waals surface area (Å²) in [7, 11) is 3.46. The van der Waals surface area contributed by atoms with Crippen LogP contribution in [0.25, 0.3) is 11.3 Å².